The fraction of sp³-hybridized carbons (Fsp3) is 0.0667. The van der Waals surface area contributed by atoms with Crippen molar-refractivity contribution in [3.05, 3.63) is 48.9 Å². The molecule has 4 rings (SSSR count). The number of methoxy groups -OCH3 is 1. The third kappa shape index (κ3) is 1.34. The quantitative estimate of drug-likeness (QED) is 0.487. The van der Waals surface area contributed by atoms with E-state index in [0.717, 1.165) is 33.2 Å². The Hall–Kier alpha value is -2.62. The average molecular weight is 249 g/mol. The van der Waals surface area contributed by atoms with Gasteiger partial charge >= 0.3 is 0 Å². The lowest BCUT2D eigenvalue weighted by molar-refractivity contribution is 0.415. The maximum Gasteiger partial charge on any atom is 0.145 e. The Balaban J connectivity index is 2.35. The molecular formula is C15H11N3O. The summed E-state index contributed by atoms with van der Waals surface area (Å²) < 4.78 is 7.38. The second kappa shape index (κ2) is 3.68. The van der Waals surface area contributed by atoms with Gasteiger partial charge in [-0.15, -0.1) is 0 Å². The number of pyridine rings is 2. The number of imidazole rings is 1. The van der Waals surface area contributed by atoms with Crippen LogP contribution in [-0.2, 0) is 0 Å². The number of nitrogens with zero attached hydrogens (tertiary/aromatic N) is 3. The Morgan fingerprint density at radius 3 is 2.89 bits per heavy atom. The summed E-state index contributed by atoms with van der Waals surface area (Å²) in [7, 11) is 1.67. The molecule has 0 aliphatic rings. The molecule has 0 radical (unpaired) electrons. The largest absolute Gasteiger partial charge is 0.497 e. The van der Waals surface area contributed by atoms with Crippen LogP contribution < -0.4 is 4.74 Å². The van der Waals surface area contributed by atoms with Crippen molar-refractivity contribution >= 4 is 27.5 Å². The lowest BCUT2D eigenvalue weighted by Gasteiger charge is -2.08. The Bertz CT molecular complexity index is 911. The summed E-state index contributed by atoms with van der Waals surface area (Å²) in [6.07, 6.45) is 5.58. The SMILES string of the molecule is COc1ccc2c(c1)c1ncccc1n1ccnc21. The van der Waals surface area contributed by atoms with Gasteiger partial charge in [-0.1, -0.05) is 0 Å². The van der Waals surface area contributed by atoms with Gasteiger partial charge in [0.15, 0.2) is 0 Å². The Morgan fingerprint density at radius 2 is 2.00 bits per heavy atom. The normalized spacial score (nSPS) is 11.4. The summed E-state index contributed by atoms with van der Waals surface area (Å²) >= 11 is 0. The summed E-state index contributed by atoms with van der Waals surface area (Å²) in [6.45, 7) is 0. The number of hydrogen-bond donors (Lipinski definition) is 0. The van der Waals surface area contributed by atoms with Crippen molar-refractivity contribution in [3.63, 3.8) is 0 Å². The van der Waals surface area contributed by atoms with Gasteiger partial charge in [0.05, 0.1) is 18.1 Å². The monoisotopic (exact) mass is 249 g/mol. The minimum Gasteiger partial charge on any atom is -0.497 e. The molecule has 4 heteroatoms. The number of fused-ring (bicyclic) bond motifs is 6. The first kappa shape index (κ1) is 10.3. The van der Waals surface area contributed by atoms with Gasteiger partial charge in [-0.2, -0.15) is 0 Å². The van der Waals surface area contributed by atoms with E-state index in [2.05, 4.69) is 20.4 Å². The first-order valence-corrected chi connectivity index (χ1v) is 6.06. The number of rotatable bonds is 1. The Morgan fingerprint density at radius 1 is 1.05 bits per heavy atom. The van der Waals surface area contributed by atoms with E-state index in [1.54, 1.807) is 7.11 Å². The van der Waals surface area contributed by atoms with Gasteiger partial charge in [-0.3, -0.25) is 9.38 Å². The molecule has 0 amide bonds. The topological polar surface area (TPSA) is 39.4 Å². The fourth-order valence-corrected chi connectivity index (χ4v) is 2.54. The zero-order valence-electron chi connectivity index (χ0n) is 10.4. The van der Waals surface area contributed by atoms with E-state index >= 15 is 0 Å². The van der Waals surface area contributed by atoms with Crippen molar-refractivity contribution in [3.8, 4) is 5.75 Å². The van der Waals surface area contributed by atoms with Crippen LogP contribution in [-0.4, -0.2) is 21.5 Å². The van der Waals surface area contributed by atoms with E-state index in [-0.39, 0.29) is 0 Å². The molecule has 0 bridgehead atoms. The fourth-order valence-electron chi connectivity index (χ4n) is 2.54. The van der Waals surface area contributed by atoms with E-state index in [1.165, 1.54) is 0 Å². The third-order valence-electron chi connectivity index (χ3n) is 3.41. The van der Waals surface area contributed by atoms with E-state index in [1.807, 2.05) is 42.9 Å². The van der Waals surface area contributed by atoms with Crippen LogP contribution in [0.5, 0.6) is 5.75 Å². The second-order valence-electron chi connectivity index (χ2n) is 4.40. The maximum absolute atomic E-state index is 5.31. The number of benzene rings is 1. The van der Waals surface area contributed by atoms with Crippen LogP contribution in [0, 0.1) is 0 Å². The molecule has 3 heterocycles. The van der Waals surface area contributed by atoms with Gasteiger partial charge < -0.3 is 4.74 Å². The van der Waals surface area contributed by atoms with Gasteiger partial charge in [0.2, 0.25) is 0 Å². The van der Waals surface area contributed by atoms with E-state index < -0.39 is 0 Å². The third-order valence-corrected chi connectivity index (χ3v) is 3.41. The molecule has 0 saturated heterocycles. The first-order valence-electron chi connectivity index (χ1n) is 6.06. The highest BCUT2D eigenvalue weighted by molar-refractivity contribution is 6.10. The summed E-state index contributed by atoms with van der Waals surface area (Å²) in [5.41, 5.74) is 2.95. The molecule has 0 unspecified atom stereocenters. The predicted octanol–water partition coefficient (Wildman–Crippen LogP) is 3.04. The van der Waals surface area contributed by atoms with Crippen LogP contribution in [0.3, 0.4) is 0 Å². The molecule has 0 aliphatic heterocycles. The smallest absolute Gasteiger partial charge is 0.145 e. The van der Waals surface area contributed by atoms with Crippen LogP contribution >= 0.6 is 0 Å². The summed E-state index contributed by atoms with van der Waals surface area (Å²) in [4.78, 5) is 8.96. The van der Waals surface area contributed by atoms with Crippen molar-refractivity contribution in [2.24, 2.45) is 0 Å². The van der Waals surface area contributed by atoms with Crippen LogP contribution in [0.4, 0.5) is 0 Å². The molecule has 19 heavy (non-hydrogen) atoms. The summed E-state index contributed by atoms with van der Waals surface area (Å²) in [5.74, 6) is 0.829. The molecule has 3 aromatic heterocycles. The number of hydrogen-bond acceptors (Lipinski definition) is 3. The number of aromatic nitrogens is 3. The van der Waals surface area contributed by atoms with Crippen molar-refractivity contribution in [2.75, 3.05) is 7.11 Å². The highest BCUT2D eigenvalue weighted by Gasteiger charge is 2.10. The minimum absolute atomic E-state index is 0.829. The van der Waals surface area contributed by atoms with Crippen LogP contribution in [0.1, 0.15) is 0 Å². The molecule has 1 aromatic carbocycles. The summed E-state index contributed by atoms with van der Waals surface area (Å²) in [6, 6.07) is 9.99. The zero-order chi connectivity index (χ0) is 12.8. The molecule has 0 aliphatic carbocycles. The molecular weight excluding hydrogens is 238 g/mol. The second-order valence-corrected chi connectivity index (χ2v) is 4.40. The van der Waals surface area contributed by atoms with Gasteiger partial charge in [0.1, 0.15) is 11.4 Å². The standard InChI is InChI=1S/C15H11N3O/c1-19-10-4-5-11-12(9-10)14-13(3-2-6-16-14)18-8-7-17-15(11)18/h2-9H,1H3. The van der Waals surface area contributed by atoms with Crippen LogP contribution in [0.15, 0.2) is 48.9 Å². The van der Waals surface area contributed by atoms with E-state index in [9.17, 15) is 0 Å². The highest BCUT2D eigenvalue weighted by atomic mass is 16.5. The Labute approximate surface area is 109 Å². The van der Waals surface area contributed by atoms with Crippen molar-refractivity contribution in [1.29, 1.82) is 0 Å². The molecule has 4 nitrogen and oxygen atoms in total. The van der Waals surface area contributed by atoms with E-state index in [0.29, 0.717) is 0 Å². The molecule has 92 valence electrons. The van der Waals surface area contributed by atoms with Crippen molar-refractivity contribution in [2.45, 2.75) is 0 Å². The average Bonchev–Trinajstić information content (AvgIpc) is 2.96. The maximum atomic E-state index is 5.31. The van der Waals surface area contributed by atoms with E-state index in [4.69, 9.17) is 4.74 Å². The minimum atomic E-state index is 0.829. The molecule has 0 fully saturated rings. The molecule has 4 aromatic rings. The van der Waals surface area contributed by atoms with Gasteiger partial charge in [0.25, 0.3) is 0 Å². The predicted molar refractivity (Wildman–Crippen MR) is 74.6 cm³/mol. The first-order chi connectivity index (χ1) is 9.38. The lowest BCUT2D eigenvalue weighted by Crippen LogP contribution is -1.92. The zero-order valence-corrected chi connectivity index (χ0v) is 10.4. The van der Waals surface area contributed by atoms with Gasteiger partial charge in [-0.05, 0) is 30.3 Å². The van der Waals surface area contributed by atoms with Gasteiger partial charge in [0, 0.05) is 29.4 Å². The summed E-state index contributed by atoms with van der Waals surface area (Å²) in [5, 5.41) is 2.14. The van der Waals surface area contributed by atoms with Gasteiger partial charge in [-0.25, -0.2) is 4.98 Å². The highest BCUT2D eigenvalue weighted by Crippen LogP contribution is 2.30. The molecule has 0 spiro atoms. The molecule has 0 atom stereocenters. The van der Waals surface area contributed by atoms with Crippen molar-refractivity contribution in [1.82, 2.24) is 14.4 Å². The van der Waals surface area contributed by atoms with Crippen LogP contribution in [0.2, 0.25) is 0 Å². The molecule has 0 N–H and O–H groups in total. The lowest BCUT2D eigenvalue weighted by atomic mass is 10.1. The van der Waals surface area contributed by atoms with Crippen molar-refractivity contribution < 1.29 is 4.74 Å². The Kier molecular flexibility index (Phi) is 2.00. The van der Waals surface area contributed by atoms with Crippen LogP contribution in [0.25, 0.3) is 27.5 Å². The number of ether oxygens (including phenoxy) is 1. The molecule has 0 saturated carbocycles.